The average Bonchev–Trinajstić information content (AvgIpc) is 2.73. The lowest BCUT2D eigenvalue weighted by molar-refractivity contribution is -0.384. The minimum absolute atomic E-state index is 0.0564. The number of nitro benzene ring substituents is 1. The highest BCUT2D eigenvalue weighted by Gasteiger charge is 2.37. The summed E-state index contributed by atoms with van der Waals surface area (Å²) >= 11 is 0. The largest absolute Gasteiger partial charge is 0.370 e. The minimum atomic E-state index is -3.45. The van der Waals surface area contributed by atoms with Crippen molar-refractivity contribution >= 4 is 24.0 Å². The van der Waals surface area contributed by atoms with Crippen molar-refractivity contribution in [3.8, 4) is 0 Å². The molecule has 0 saturated heterocycles. The maximum absolute atomic E-state index is 14.1. The van der Waals surface area contributed by atoms with Gasteiger partial charge in [0.1, 0.15) is 5.78 Å². The monoisotopic (exact) mass is 396 g/mol. The van der Waals surface area contributed by atoms with Crippen molar-refractivity contribution in [2.45, 2.75) is 12.7 Å². The van der Waals surface area contributed by atoms with E-state index in [1.165, 1.54) is 24.3 Å². The number of hydrogen-bond donors (Lipinski definition) is 1. The molecule has 2 atom stereocenters. The van der Waals surface area contributed by atoms with Gasteiger partial charge in [0.2, 0.25) is 0 Å². The van der Waals surface area contributed by atoms with Gasteiger partial charge >= 0.3 is 0 Å². The second-order valence-electron chi connectivity index (χ2n) is 6.11. The molecule has 0 radical (unpaired) electrons. The van der Waals surface area contributed by atoms with E-state index in [1.54, 1.807) is 6.92 Å². The second kappa shape index (κ2) is 8.83. The molecule has 6 nitrogen and oxygen atoms in total. The molecule has 7 heteroatoms. The normalized spacial score (nSPS) is 14.0. The van der Waals surface area contributed by atoms with Crippen LogP contribution in [-0.4, -0.2) is 11.5 Å². The van der Waals surface area contributed by atoms with Crippen molar-refractivity contribution in [2.24, 2.45) is 0 Å². The first kappa shape index (κ1) is 19.8. The summed E-state index contributed by atoms with van der Waals surface area (Å²) in [5, 5.41) is 14.7. The van der Waals surface area contributed by atoms with Crippen LogP contribution in [0.15, 0.2) is 84.9 Å². The quantitative estimate of drug-likeness (QED) is 0.315. The lowest BCUT2D eigenvalue weighted by Crippen LogP contribution is -2.20. The van der Waals surface area contributed by atoms with Crippen LogP contribution in [-0.2, 0) is 9.09 Å². The van der Waals surface area contributed by atoms with E-state index >= 15 is 0 Å². The first-order chi connectivity index (χ1) is 13.5. The number of non-ortho nitro benzene ring substituents is 1. The Balaban J connectivity index is 2.09. The van der Waals surface area contributed by atoms with Gasteiger partial charge in [0.15, 0.2) is 0 Å². The van der Waals surface area contributed by atoms with Crippen LogP contribution in [0.1, 0.15) is 18.3 Å². The Bertz CT molecular complexity index is 963. The summed E-state index contributed by atoms with van der Waals surface area (Å²) in [6.07, 6.45) is 0. The Morgan fingerprint density at radius 2 is 1.54 bits per heavy atom. The number of nitrogens with zero attached hydrogens (tertiary/aromatic N) is 1. The van der Waals surface area contributed by atoms with Crippen LogP contribution < -0.4 is 10.6 Å². The van der Waals surface area contributed by atoms with Gasteiger partial charge in [-0.05, 0) is 36.8 Å². The Morgan fingerprint density at radius 3 is 2.07 bits per heavy atom. The maximum Gasteiger partial charge on any atom is 0.269 e. The van der Waals surface area contributed by atoms with E-state index in [9.17, 15) is 14.7 Å². The van der Waals surface area contributed by atoms with E-state index in [-0.39, 0.29) is 12.3 Å². The predicted molar refractivity (Wildman–Crippen MR) is 111 cm³/mol. The number of benzene rings is 3. The summed E-state index contributed by atoms with van der Waals surface area (Å²) in [7, 11) is -3.45. The van der Waals surface area contributed by atoms with Crippen LogP contribution in [0.2, 0.25) is 0 Å². The van der Waals surface area contributed by atoms with Gasteiger partial charge in [-0.3, -0.25) is 14.7 Å². The minimum Gasteiger partial charge on any atom is -0.370 e. The zero-order valence-electron chi connectivity index (χ0n) is 15.4. The van der Waals surface area contributed by atoms with Crippen LogP contribution in [0.5, 0.6) is 0 Å². The third-order valence-electron chi connectivity index (χ3n) is 4.27. The Labute approximate surface area is 163 Å². The number of nitro groups is 1. The third-order valence-corrected chi connectivity index (χ3v) is 7.04. The average molecular weight is 396 g/mol. The van der Waals surface area contributed by atoms with Gasteiger partial charge < -0.3 is 9.84 Å². The number of para-hydroxylation sites is 1. The molecule has 0 aliphatic heterocycles. The molecular formula is C21H21N2O4P. The first-order valence-corrected chi connectivity index (χ1v) is 10.6. The third kappa shape index (κ3) is 4.30. The van der Waals surface area contributed by atoms with Gasteiger partial charge in [-0.1, -0.05) is 48.5 Å². The van der Waals surface area contributed by atoms with Crippen molar-refractivity contribution in [3.63, 3.8) is 0 Å². The van der Waals surface area contributed by atoms with Gasteiger partial charge in [-0.2, -0.15) is 0 Å². The molecule has 144 valence electrons. The highest BCUT2D eigenvalue weighted by atomic mass is 31.2. The van der Waals surface area contributed by atoms with E-state index < -0.39 is 18.1 Å². The van der Waals surface area contributed by atoms with Crippen molar-refractivity contribution in [2.75, 3.05) is 11.9 Å². The molecule has 28 heavy (non-hydrogen) atoms. The lowest BCUT2D eigenvalue weighted by atomic mass is 10.2. The van der Waals surface area contributed by atoms with E-state index in [1.807, 2.05) is 60.7 Å². The van der Waals surface area contributed by atoms with Gasteiger partial charge in [0.25, 0.3) is 13.1 Å². The summed E-state index contributed by atoms with van der Waals surface area (Å²) < 4.78 is 20.0. The predicted octanol–water partition coefficient (Wildman–Crippen LogP) is 5.35. The summed E-state index contributed by atoms with van der Waals surface area (Å²) in [6.45, 7) is 2.02. The molecule has 3 aromatic carbocycles. The molecule has 3 aromatic rings. The van der Waals surface area contributed by atoms with Crippen molar-refractivity contribution in [1.82, 2.24) is 0 Å². The summed E-state index contributed by atoms with van der Waals surface area (Å²) in [4.78, 5) is 10.5. The number of anilines is 1. The molecule has 2 unspecified atom stereocenters. The number of nitrogens with one attached hydrogen (secondary N) is 1. The molecule has 0 saturated carbocycles. The van der Waals surface area contributed by atoms with Crippen LogP contribution >= 0.6 is 7.37 Å². The van der Waals surface area contributed by atoms with Crippen LogP contribution in [0.3, 0.4) is 0 Å². The smallest absolute Gasteiger partial charge is 0.269 e. The molecule has 0 aliphatic rings. The topological polar surface area (TPSA) is 81.5 Å². The van der Waals surface area contributed by atoms with E-state index in [4.69, 9.17) is 4.52 Å². The maximum atomic E-state index is 14.1. The molecule has 0 fully saturated rings. The Morgan fingerprint density at radius 1 is 0.964 bits per heavy atom. The molecular weight excluding hydrogens is 375 g/mol. The SMILES string of the molecule is CCOP(=O)(c1ccc([N+](=O)[O-])cc1)C(Nc1ccccc1)c1ccccc1. The van der Waals surface area contributed by atoms with E-state index in [0.717, 1.165) is 11.3 Å². The fourth-order valence-electron chi connectivity index (χ4n) is 2.96. The number of hydrogen-bond acceptors (Lipinski definition) is 5. The summed E-state index contributed by atoms with van der Waals surface area (Å²) in [5.41, 5.74) is 1.55. The van der Waals surface area contributed by atoms with Gasteiger partial charge in [0.05, 0.1) is 11.5 Å². The molecule has 0 amide bonds. The fraction of sp³-hybridized carbons (Fsp3) is 0.143. The molecule has 3 rings (SSSR count). The van der Waals surface area contributed by atoms with Crippen LogP contribution in [0.25, 0.3) is 0 Å². The Hall–Kier alpha value is -2.95. The van der Waals surface area contributed by atoms with Crippen molar-refractivity contribution < 1.29 is 14.0 Å². The van der Waals surface area contributed by atoms with Crippen LogP contribution in [0.4, 0.5) is 11.4 Å². The number of rotatable bonds is 8. The molecule has 0 aromatic heterocycles. The summed E-state index contributed by atoms with van der Waals surface area (Å²) in [6, 6.07) is 24.6. The molecule has 0 spiro atoms. The van der Waals surface area contributed by atoms with Crippen molar-refractivity contribution in [3.05, 3.63) is 101 Å². The molecule has 0 bridgehead atoms. The first-order valence-electron chi connectivity index (χ1n) is 8.90. The standard InChI is InChI=1S/C21H21N2O4P/c1-2-27-28(26,20-15-13-19(14-16-20)23(24)25)21(17-9-5-3-6-10-17)22-18-11-7-4-8-12-18/h3-16,21-22H,2H2,1H3. The highest BCUT2D eigenvalue weighted by molar-refractivity contribution is 7.67. The zero-order valence-corrected chi connectivity index (χ0v) is 16.3. The molecule has 1 N–H and O–H groups in total. The second-order valence-corrected chi connectivity index (χ2v) is 8.60. The van der Waals surface area contributed by atoms with Crippen molar-refractivity contribution in [1.29, 1.82) is 0 Å². The molecule has 0 heterocycles. The van der Waals surface area contributed by atoms with Gasteiger partial charge in [-0.15, -0.1) is 0 Å². The van der Waals surface area contributed by atoms with Gasteiger partial charge in [0, 0.05) is 23.1 Å². The highest BCUT2D eigenvalue weighted by Crippen LogP contribution is 2.59. The van der Waals surface area contributed by atoms with E-state index in [2.05, 4.69) is 5.32 Å². The lowest BCUT2D eigenvalue weighted by Gasteiger charge is -2.29. The van der Waals surface area contributed by atoms with Gasteiger partial charge in [-0.25, -0.2) is 0 Å². The zero-order chi connectivity index (χ0) is 20.0. The van der Waals surface area contributed by atoms with E-state index in [0.29, 0.717) is 5.30 Å². The fourth-order valence-corrected chi connectivity index (χ4v) is 5.39. The molecule has 0 aliphatic carbocycles. The summed E-state index contributed by atoms with van der Waals surface area (Å²) in [5.74, 6) is -0.641. The Kier molecular flexibility index (Phi) is 6.24. The van der Waals surface area contributed by atoms with Crippen LogP contribution in [0, 0.1) is 10.1 Å².